The first-order valence-corrected chi connectivity index (χ1v) is 11.6. The topological polar surface area (TPSA) is 55.2 Å². The molecule has 2 aromatic heterocycles. The average molecular weight is 426 g/mol. The summed E-state index contributed by atoms with van der Waals surface area (Å²) < 4.78 is 1.55. The number of thiophene rings is 1. The third kappa shape index (κ3) is 4.02. The van der Waals surface area contributed by atoms with Gasteiger partial charge in [0, 0.05) is 24.2 Å². The monoisotopic (exact) mass is 425 g/mol. The molecule has 0 saturated heterocycles. The van der Waals surface area contributed by atoms with E-state index < -0.39 is 0 Å². The average Bonchev–Trinajstić information content (AvgIpc) is 3.41. The van der Waals surface area contributed by atoms with Crippen molar-refractivity contribution in [3.05, 3.63) is 58.5 Å². The van der Waals surface area contributed by atoms with Gasteiger partial charge in [-0.1, -0.05) is 48.2 Å². The Morgan fingerprint density at radius 3 is 2.79 bits per heavy atom. The molecule has 0 spiro atoms. The van der Waals surface area contributed by atoms with E-state index in [0.29, 0.717) is 21.9 Å². The molecule has 0 bridgehead atoms. The number of nitrogens with zero attached hydrogens (tertiary/aromatic N) is 3. The lowest BCUT2D eigenvalue weighted by Crippen LogP contribution is -2.31. The summed E-state index contributed by atoms with van der Waals surface area (Å²) in [5.41, 5.74) is 2.13. The van der Waals surface area contributed by atoms with Crippen molar-refractivity contribution in [3.63, 3.8) is 0 Å². The highest BCUT2D eigenvalue weighted by molar-refractivity contribution is 7.99. The van der Waals surface area contributed by atoms with Crippen molar-refractivity contribution in [3.8, 4) is 10.4 Å². The Kier molecular flexibility index (Phi) is 5.87. The molecule has 1 aliphatic carbocycles. The molecular formula is C22H23N3O2S2. The largest absolute Gasteiger partial charge is 0.316 e. The minimum atomic E-state index is -0.0748. The van der Waals surface area contributed by atoms with Crippen LogP contribution in [0.4, 0.5) is 0 Å². The van der Waals surface area contributed by atoms with Crippen LogP contribution in [0.15, 0.2) is 58.1 Å². The molecule has 1 aromatic carbocycles. The lowest BCUT2D eigenvalue weighted by Gasteiger charge is -2.22. The summed E-state index contributed by atoms with van der Waals surface area (Å²) in [6.45, 7) is 2.67. The normalized spacial score (nSPS) is 13.7. The van der Waals surface area contributed by atoms with Gasteiger partial charge in [-0.05, 0) is 37.8 Å². The number of carbonyl (C=O) groups is 1. The molecule has 150 valence electrons. The van der Waals surface area contributed by atoms with E-state index in [1.54, 1.807) is 11.6 Å². The van der Waals surface area contributed by atoms with E-state index >= 15 is 0 Å². The molecule has 0 N–H and O–H groups in total. The maximum Gasteiger partial charge on any atom is 0.262 e. The number of carbonyl (C=O) groups excluding carboxylic acids is 1. The van der Waals surface area contributed by atoms with E-state index in [-0.39, 0.29) is 17.2 Å². The van der Waals surface area contributed by atoms with Crippen LogP contribution >= 0.6 is 23.1 Å². The van der Waals surface area contributed by atoms with Gasteiger partial charge in [-0.3, -0.25) is 14.2 Å². The molecule has 1 aliphatic rings. The standard InChI is InChI=1S/C22H23N3O2S2/c1-3-25(16-11-7-8-12-16)19(26)14-28-22-23-20-17(21(27)24(22)2)13-18(29-20)15-9-5-4-6-10-15/h4-6,9-11,13H,3,7-8,12,14H2,1-2H3. The molecule has 5 nitrogen and oxygen atoms in total. The van der Waals surface area contributed by atoms with Crippen LogP contribution in [0.3, 0.4) is 0 Å². The molecule has 1 amide bonds. The van der Waals surface area contributed by atoms with Gasteiger partial charge in [0.2, 0.25) is 5.91 Å². The van der Waals surface area contributed by atoms with Crippen LogP contribution in [-0.2, 0) is 11.8 Å². The van der Waals surface area contributed by atoms with Crippen molar-refractivity contribution in [2.24, 2.45) is 7.05 Å². The van der Waals surface area contributed by atoms with Crippen molar-refractivity contribution in [2.75, 3.05) is 12.3 Å². The van der Waals surface area contributed by atoms with Crippen LogP contribution in [0.2, 0.25) is 0 Å². The maximum atomic E-state index is 12.8. The van der Waals surface area contributed by atoms with Gasteiger partial charge in [0.05, 0.1) is 11.1 Å². The summed E-state index contributed by atoms with van der Waals surface area (Å²) in [7, 11) is 1.72. The Labute approximate surface area is 178 Å². The first-order valence-electron chi connectivity index (χ1n) is 9.76. The Morgan fingerprint density at radius 2 is 2.10 bits per heavy atom. The minimum absolute atomic E-state index is 0.0659. The highest BCUT2D eigenvalue weighted by atomic mass is 32.2. The Balaban J connectivity index is 1.58. The fraction of sp³-hybridized carbons (Fsp3) is 0.318. The van der Waals surface area contributed by atoms with Crippen molar-refractivity contribution in [1.29, 1.82) is 0 Å². The van der Waals surface area contributed by atoms with Crippen LogP contribution in [0, 0.1) is 0 Å². The van der Waals surface area contributed by atoms with E-state index in [0.717, 1.165) is 35.4 Å². The molecule has 2 heterocycles. The van der Waals surface area contributed by atoms with Crippen LogP contribution in [0.25, 0.3) is 20.7 Å². The number of rotatable bonds is 6. The number of allylic oxidation sites excluding steroid dienone is 2. The number of hydrogen-bond donors (Lipinski definition) is 0. The number of fused-ring (bicyclic) bond motifs is 1. The second kappa shape index (κ2) is 8.55. The van der Waals surface area contributed by atoms with E-state index in [9.17, 15) is 9.59 Å². The summed E-state index contributed by atoms with van der Waals surface area (Å²) in [5.74, 6) is 0.338. The van der Waals surface area contributed by atoms with Crippen LogP contribution in [0.5, 0.6) is 0 Å². The molecule has 0 atom stereocenters. The summed E-state index contributed by atoms with van der Waals surface area (Å²) in [4.78, 5) is 33.9. The van der Waals surface area contributed by atoms with Gasteiger partial charge in [0.1, 0.15) is 4.83 Å². The van der Waals surface area contributed by atoms with Crippen LogP contribution < -0.4 is 5.56 Å². The molecule has 4 rings (SSSR count). The summed E-state index contributed by atoms with van der Waals surface area (Å²) >= 11 is 2.84. The number of benzene rings is 1. The zero-order valence-electron chi connectivity index (χ0n) is 16.6. The fourth-order valence-electron chi connectivity index (χ4n) is 3.56. The van der Waals surface area contributed by atoms with Gasteiger partial charge < -0.3 is 4.90 Å². The van der Waals surface area contributed by atoms with E-state index in [2.05, 4.69) is 6.08 Å². The minimum Gasteiger partial charge on any atom is -0.316 e. The molecule has 0 fully saturated rings. The summed E-state index contributed by atoms with van der Waals surface area (Å²) in [6.07, 6.45) is 5.27. The van der Waals surface area contributed by atoms with Crippen molar-refractivity contribution >= 4 is 39.2 Å². The van der Waals surface area contributed by atoms with Crippen molar-refractivity contribution in [2.45, 2.75) is 31.3 Å². The summed E-state index contributed by atoms with van der Waals surface area (Å²) in [5, 5.41) is 1.20. The first-order chi connectivity index (χ1) is 14.1. The highest BCUT2D eigenvalue weighted by Gasteiger charge is 2.20. The molecule has 0 saturated carbocycles. The molecule has 0 aliphatic heterocycles. The molecule has 3 aromatic rings. The van der Waals surface area contributed by atoms with Crippen LogP contribution in [-0.4, -0.2) is 32.7 Å². The molecule has 29 heavy (non-hydrogen) atoms. The molecular weight excluding hydrogens is 402 g/mol. The first kappa shape index (κ1) is 19.9. The second-order valence-corrected chi connectivity index (χ2v) is 8.94. The summed E-state index contributed by atoms with van der Waals surface area (Å²) in [6, 6.07) is 11.9. The number of hydrogen-bond acceptors (Lipinski definition) is 5. The van der Waals surface area contributed by atoms with E-state index in [4.69, 9.17) is 4.98 Å². The SMILES string of the molecule is CCN(C(=O)CSc1nc2sc(-c3ccccc3)cc2c(=O)n1C)C1=CCCC1. The lowest BCUT2D eigenvalue weighted by atomic mass is 10.2. The van der Waals surface area contributed by atoms with E-state index in [1.807, 2.05) is 48.2 Å². The Bertz CT molecular complexity index is 1130. The van der Waals surface area contributed by atoms with E-state index in [1.165, 1.54) is 23.1 Å². The highest BCUT2D eigenvalue weighted by Crippen LogP contribution is 2.32. The molecule has 0 unspecified atom stereocenters. The molecule has 7 heteroatoms. The predicted octanol–water partition coefficient (Wildman–Crippen LogP) is 4.67. The van der Waals surface area contributed by atoms with Gasteiger partial charge in [-0.15, -0.1) is 11.3 Å². The van der Waals surface area contributed by atoms with Gasteiger partial charge in [0.25, 0.3) is 5.56 Å². The predicted molar refractivity (Wildman–Crippen MR) is 120 cm³/mol. The van der Waals surface area contributed by atoms with Gasteiger partial charge >= 0.3 is 0 Å². The Morgan fingerprint density at radius 1 is 1.31 bits per heavy atom. The van der Waals surface area contributed by atoms with Gasteiger partial charge in [-0.2, -0.15) is 0 Å². The third-order valence-electron chi connectivity index (χ3n) is 5.10. The molecule has 0 radical (unpaired) electrons. The second-order valence-electron chi connectivity index (χ2n) is 6.97. The smallest absolute Gasteiger partial charge is 0.262 e. The van der Waals surface area contributed by atoms with Crippen LogP contribution in [0.1, 0.15) is 26.2 Å². The zero-order valence-corrected chi connectivity index (χ0v) is 18.2. The van der Waals surface area contributed by atoms with Crippen molar-refractivity contribution in [1.82, 2.24) is 14.5 Å². The van der Waals surface area contributed by atoms with Crippen molar-refractivity contribution < 1.29 is 4.79 Å². The number of amides is 1. The van der Waals surface area contributed by atoms with Gasteiger partial charge in [-0.25, -0.2) is 4.98 Å². The quantitative estimate of drug-likeness (QED) is 0.425. The van der Waals surface area contributed by atoms with Gasteiger partial charge in [0.15, 0.2) is 5.16 Å². The number of thioether (sulfide) groups is 1. The zero-order chi connectivity index (χ0) is 20.4. The lowest BCUT2D eigenvalue weighted by molar-refractivity contribution is -0.126. The maximum absolute atomic E-state index is 12.8. The number of aromatic nitrogens is 2. The Hall–Kier alpha value is -2.38. The third-order valence-corrected chi connectivity index (χ3v) is 7.19. The fourth-order valence-corrected chi connectivity index (χ4v) is 5.49.